The maximum Gasteiger partial charge on any atom is 0.245 e. The monoisotopic (exact) mass is 281 g/mol. The van der Waals surface area contributed by atoms with Gasteiger partial charge in [-0.05, 0) is 39.2 Å². The highest BCUT2D eigenvalue weighted by Crippen LogP contribution is 2.28. The van der Waals surface area contributed by atoms with Crippen LogP contribution in [0.25, 0.3) is 0 Å². The van der Waals surface area contributed by atoms with E-state index in [1.165, 1.54) is 4.88 Å². The molecule has 0 aromatic carbocycles. The number of rotatable bonds is 5. The van der Waals surface area contributed by atoms with Crippen molar-refractivity contribution in [3.8, 4) is 0 Å². The molecule has 1 saturated heterocycles. The predicted molar refractivity (Wildman–Crippen MR) is 79.9 cm³/mol. The summed E-state index contributed by atoms with van der Waals surface area (Å²) in [5.74, 6) is 0.191. The van der Waals surface area contributed by atoms with E-state index in [1.807, 2.05) is 4.90 Å². The maximum atomic E-state index is 12.5. The molecule has 1 aromatic rings. The second-order valence-electron chi connectivity index (χ2n) is 4.99. The lowest BCUT2D eigenvalue weighted by molar-refractivity contribution is -0.121. The number of anilines is 1. The van der Waals surface area contributed by atoms with Crippen LogP contribution in [0.15, 0.2) is 0 Å². The van der Waals surface area contributed by atoms with Crippen molar-refractivity contribution in [2.75, 3.05) is 18.0 Å². The predicted octanol–water partition coefficient (Wildman–Crippen LogP) is 2.51. The standard InChI is InChI=1S/C14H23N3OS/c1-4-8-15-12-7-6-9-17(13(12)18)14-16-11(5-2)10(3)19-14/h12,15H,4-9H2,1-3H3. The van der Waals surface area contributed by atoms with Gasteiger partial charge in [-0.3, -0.25) is 9.69 Å². The Morgan fingerprint density at radius 3 is 2.89 bits per heavy atom. The van der Waals surface area contributed by atoms with Crippen LogP contribution in [0.5, 0.6) is 0 Å². The summed E-state index contributed by atoms with van der Waals surface area (Å²) in [7, 11) is 0. The molecule has 2 heterocycles. The van der Waals surface area contributed by atoms with Gasteiger partial charge >= 0.3 is 0 Å². The van der Waals surface area contributed by atoms with Gasteiger partial charge in [0.15, 0.2) is 5.13 Å². The first-order valence-corrected chi connectivity index (χ1v) is 8.00. The molecular weight excluding hydrogens is 258 g/mol. The Balaban J connectivity index is 2.12. The fourth-order valence-corrected chi connectivity index (χ4v) is 3.46. The van der Waals surface area contributed by atoms with Gasteiger partial charge < -0.3 is 5.32 Å². The Morgan fingerprint density at radius 2 is 2.26 bits per heavy atom. The minimum Gasteiger partial charge on any atom is -0.306 e. The molecule has 0 radical (unpaired) electrons. The average Bonchev–Trinajstić information content (AvgIpc) is 2.78. The van der Waals surface area contributed by atoms with Crippen LogP contribution in [0.1, 0.15) is 43.7 Å². The SMILES string of the molecule is CCCNC1CCCN(c2nc(CC)c(C)s2)C1=O. The normalized spacial score (nSPS) is 20.1. The number of hydrogen-bond acceptors (Lipinski definition) is 4. The van der Waals surface area contributed by atoms with Crippen LogP contribution < -0.4 is 10.2 Å². The molecular formula is C14H23N3OS. The summed E-state index contributed by atoms with van der Waals surface area (Å²) in [6, 6.07) is -0.0250. The van der Waals surface area contributed by atoms with Crippen molar-refractivity contribution >= 4 is 22.4 Å². The van der Waals surface area contributed by atoms with Crippen molar-refractivity contribution in [1.29, 1.82) is 0 Å². The summed E-state index contributed by atoms with van der Waals surface area (Å²) >= 11 is 1.64. The Hall–Kier alpha value is -0.940. The summed E-state index contributed by atoms with van der Waals surface area (Å²) in [6.45, 7) is 8.02. The summed E-state index contributed by atoms with van der Waals surface area (Å²) in [4.78, 5) is 20.2. The molecule has 0 saturated carbocycles. The number of carbonyl (C=O) groups excluding carboxylic acids is 1. The summed E-state index contributed by atoms with van der Waals surface area (Å²) in [5.41, 5.74) is 1.12. The number of hydrogen-bond donors (Lipinski definition) is 1. The van der Waals surface area contributed by atoms with Crippen molar-refractivity contribution in [3.63, 3.8) is 0 Å². The lowest BCUT2D eigenvalue weighted by Gasteiger charge is -2.31. The highest BCUT2D eigenvalue weighted by Gasteiger charge is 2.30. The number of thiazole rings is 1. The Bertz CT molecular complexity index is 444. The summed E-state index contributed by atoms with van der Waals surface area (Å²) in [6.07, 6.45) is 3.98. The van der Waals surface area contributed by atoms with Crippen LogP contribution in [0, 0.1) is 6.92 Å². The zero-order chi connectivity index (χ0) is 13.8. The molecule has 1 N–H and O–H groups in total. The van der Waals surface area contributed by atoms with Crippen LogP contribution in [0.2, 0.25) is 0 Å². The first kappa shape index (κ1) is 14.5. The molecule has 1 aliphatic rings. The molecule has 2 rings (SSSR count). The molecule has 0 bridgehead atoms. The number of amides is 1. The van der Waals surface area contributed by atoms with Crippen LogP contribution in [-0.4, -0.2) is 30.0 Å². The van der Waals surface area contributed by atoms with E-state index in [4.69, 9.17) is 0 Å². The molecule has 4 nitrogen and oxygen atoms in total. The van der Waals surface area contributed by atoms with E-state index in [1.54, 1.807) is 11.3 Å². The van der Waals surface area contributed by atoms with Gasteiger partial charge in [-0.1, -0.05) is 13.8 Å². The Morgan fingerprint density at radius 1 is 1.47 bits per heavy atom. The van der Waals surface area contributed by atoms with Crippen molar-refractivity contribution in [2.24, 2.45) is 0 Å². The van der Waals surface area contributed by atoms with E-state index in [9.17, 15) is 4.79 Å². The zero-order valence-corrected chi connectivity index (χ0v) is 12.8. The van der Waals surface area contributed by atoms with Gasteiger partial charge in [-0.2, -0.15) is 0 Å². The van der Waals surface area contributed by atoms with E-state index in [2.05, 4.69) is 31.1 Å². The third kappa shape index (κ3) is 3.15. The second kappa shape index (κ2) is 6.48. The lowest BCUT2D eigenvalue weighted by Crippen LogP contribution is -2.51. The Kier molecular flexibility index (Phi) is 4.93. The number of nitrogens with zero attached hydrogens (tertiary/aromatic N) is 2. The van der Waals surface area contributed by atoms with Gasteiger partial charge in [0.2, 0.25) is 5.91 Å². The van der Waals surface area contributed by atoms with Gasteiger partial charge in [-0.15, -0.1) is 11.3 Å². The first-order valence-electron chi connectivity index (χ1n) is 7.18. The van der Waals surface area contributed by atoms with Gasteiger partial charge in [0.05, 0.1) is 11.7 Å². The number of aromatic nitrogens is 1. The number of piperidine rings is 1. The first-order chi connectivity index (χ1) is 9.17. The van der Waals surface area contributed by atoms with E-state index in [0.717, 1.165) is 49.6 Å². The van der Waals surface area contributed by atoms with Crippen molar-refractivity contribution < 1.29 is 4.79 Å². The highest BCUT2D eigenvalue weighted by atomic mass is 32.1. The van der Waals surface area contributed by atoms with Crippen LogP contribution in [-0.2, 0) is 11.2 Å². The van der Waals surface area contributed by atoms with Gasteiger partial charge in [0.1, 0.15) is 0 Å². The molecule has 19 heavy (non-hydrogen) atoms. The number of carbonyl (C=O) groups is 1. The Labute approximate surface area is 119 Å². The van der Waals surface area contributed by atoms with Crippen molar-refractivity contribution in [2.45, 2.75) is 52.5 Å². The number of nitrogens with one attached hydrogen (secondary N) is 1. The number of aryl methyl sites for hydroxylation is 2. The molecule has 1 aliphatic heterocycles. The zero-order valence-electron chi connectivity index (χ0n) is 12.0. The fourth-order valence-electron chi connectivity index (χ4n) is 2.43. The highest BCUT2D eigenvalue weighted by molar-refractivity contribution is 7.15. The van der Waals surface area contributed by atoms with E-state index in [0.29, 0.717) is 0 Å². The van der Waals surface area contributed by atoms with E-state index < -0.39 is 0 Å². The quantitative estimate of drug-likeness (QED) is 0.902. The molecule has 1 fully saturated rings. The molecule has 1 unspecified atom stereocenters. The van der Waals surface area contributed by atoms with Gasteiger partial charge in [0.25, 0.3) is 0 Å². The molecule has 5 heteroatoms. The summed E-state index contributed by atoms with van der Waals surface area (Å²) in [5, 5.41) is 4.22. The molecule has 0 spiro atoms. The minimum absolute atomic E-state index is 0.0250. The molecule has 1 amide bonds. The van der Waals surface area contributed by atoms with Crippen LogP contribution in [0.3, 0.4) is 0 Å². The lowest BCUT2D eigenvalue weighted by atomic mass is 10.1. The third-order valence-electron chi connectivity index (χ3n) is 3.53. The summed E-state index contributed by atoms with van der Waals surface area (Å²) < 4.78 is 0. The van der Waals surface area contributed by atoms with Crippen LogP contribution in [0.4, 0.5) is 5.13 Å². The molecule has 106 valence electrons. The van der Waals surface area contributed by atoms with Gasteiger partial charge in [-0.25, -0.2) is 4.98 Å². The molecule has 0 aliphatic carbocycles. The topological polar surface area (TPSA) is 45.2 Å². The molecule has 1 atom stereocenters. The minimum atomic E-state index is -0.0250. The van der Waals surface area contributed by atoms with Crippen molar-refractivity contribution in [3.05, 3.63) is 10.6 Å². The van der Waals surface area contributed by atoms with Crippen molar-refractivity contribution in [1.82, 2.24) is 10.3 Å². The average molecular weight is 281 g/mol. The smallest absolute Gasteiger partial charge is 0.245 e. The third-order valence-corrected chi connectivity index (χ3v) is 4.56. The largest absolute Gasteiger partial charge is 0.306 e. The fraction of sp³-hybridized carbons (Fsp3) is 0.714. The second-order valence-corrected chi connectivity index (χ2v) is 6.17. The van der Waals surface area contributed by atoms with E-state index in [-0.39, 0.29) is 11.9 Å². The molecule has 1 aromatic heterocycles. The van der Waals surface area contributed by atoms with E-state index >= 15 is 0 Å². The van der Waals surface area contributed by atoms with Gasteiger partial charge in [0, 0.05) is 11.4 Å². The van der Waals surface area contributed by atoms with Crippen LogP contribution >= 0.6 is 11.3 Å². The maximum absolute atomic E-state index is 12.5.